The van der Waals surface area contributed by atoms with E-state index in [0.717, 1.165) is 37.4 Å². The first kappa shape index (κ1) is 21.3. The molecule has 0 unspecified atom stereocenters. The van der Waals surface area contributed by atoms with Gasteiger partial charge in [0.05, 0.1) is 23.8 Å². The number of halogens is 1. The number of nitrogens with zero attached hydrogens (tertiary/aromatic N) is 5. The van der Waals surface area contributed by atoms with Crippen molar-refractivity contribution in [3.63, 3.8) is 0 Å². The third kappa shape index (κ3) is 5.03. The second-order valence-corrected chi connectivity index (χ2v) is 8.22. The molecule has 0 saturated carbocycles. The molecule has 1 aromatic carbocycles. The number of carbonyl (C=O) groups is 2. The summed E-state index contributed by atoms with van der Waals surface area (Å²) in [5.41, 5.74) is 1.39. The van der Waals surface area contributed by atoms with Crippen LogP contribution in [0.1, 0.15) is 24.6 Å². The number of carbonyl (C=O) groups excluding carboxylic acids is 2. The zero-order chi connectivity index (χ0) is 21.8. The standard InChI is InChI=1S/C22H25ClN6O2/c1-27(14-20(30)24-18-7-3-2-6-17(18)23)21(31)15-28-12-9-16(10-13-28)22-26-25-19-8-4-5-11-29(19)22/h2-8,11,16H,9-10,12-15H2,1H3,(H,24,30). The second kappa shape index (κ2) is 9.45. The van der Waals surface area contributed by atoms with Crippen molar-refractivity contribution in [3.8, 4) is 0 Å². The predicted molar refractivity (Wildman–Crippen MR) is 119 cm³/mol. The average Bonchev–Trinajstić information content (AvgIpc) is 3.20. The van der Waals surface area contributed by atoms with Gasteiger partial charge in [0.15, 0.2) is 5.65 Å². The first-order valence-electron chi connectivity index (χ1n) is 10.3. The highest BCUT2D eigenvalue weighted by molar-refractivity contribution is 6.33. The minimum absolute atomic E-state index is 0.0216. The van der Waals surface area contributed by atoms with Crippen LogP contribution in [0.25, 0.3) is 5.65 Å². The molecule has 0 radical (unpaired) electrons. The summed E-state index contributed by atoms with van der Waals surface area (Å²) in [6.45, 7) is 1.88. The molecule has 2 amide bonds. The molecule has 4 rings (SSSR count). The third-order valence-electron chi connectivity index (χ3n) is 5.61. The molecule has 9 heteroatoms. The van der Waals surface area contributed by atoms with E-state index in [1.807, 2.05) is 28.8 Å². The SMILES string of the molecule is CN(CC(=O)Nc1ccccc1Cl)C(=O)CN1CCC(c2nnc3ccccn23)CC1. The molecule has 0 atom stereocenters. The Morgan fingerprint density at radius 3 is 2.65 bits per heavy atom. The number of amides is 2. The fraction of sp³-hybridized carbons (Fsp3) is 0.364. The van der Waals surface area contributed by atoms with Gasteiger partial charge in [-0.2, -0.15) is 0 Å². The van der Waals surface area contributed by atoms with Crippen LogP contribution in [0.15, 0.2) is 48.7 Å². The van der Waals surface area contributed by atoms with Crippen molar-refractivity contribution < 1.29 is 9.59 Å². The van der Waals surface area contributed by atoms with Crippen molar-refractivity contribution >= 4 is 34.7 Å². The van der Waals surface area contributed by atoms with E-state index in [4.69, 9.17) is 11.6 Å². The van der Waals surface area contributed by atoms with Gasteiger partial charge in [-0.15, -0.1) is 10.2 Å². The van der Waals surface area contributed by atoms with Gasteiger partial charge >= 0.3 is 0 Å². The Hall–Kier alpha value is -2.97. The van der Waals surface area contributed by atoms with Gasteiger partial charge in [-0.25, -0.2) is 0 Å². The van der Waals surface area contributed by atoms with Crippen LogP contribution in [0.5, 0.6) is 0 Å². The van der Waals surface area contributed by atoms with Crippen molar-refractivity contribution in [3.05, 3.63) is 59.5 Å². The Balaban J connectivity index is 1.26. The van der Waals surface area contributed by atoms with Gasteiger partial charge < -0.3 is 10.2 Å². The van der Waals surface area contributed by atoms with Crippen molar-refractivity contribution in [1.82, 2.24) is 24.4 Å². The molecule has 1 aliphatic heterocycles. The fourth-order valence-corrected chi connectivity index (χ4v) is 4.04. The highest BCUT2D eigenvalue weighted by Crippen LogP contribution is 2.27. The Morgan fingerprint density at radius 2 is 1.87 bits per heavy atom. The fourth-order valence-electron chi connectivity index (χ4n) is 3.86. The number of aromatic nitrogens is 3. The number of hydrogen-bond acceptors (Lipinski definition) is 5. The van der Waals surface area contributed by atoms with Crippen molar-refractivity contribution in [2.75, 3.05) is 38.5 Å². The van der Waals surface area contributed by atoms with E-state index < -0.39 is 0 Å². The minimum atomic E-state index is -0.277. The van der Waals surface area contributed by atoms with Crippen LogP contribution in [0.4, 0.5) is 5.69 Å². The monoisotopic (exact) mass is 440 g/mol. The molecule has 0 bridgehead atoms. The van der Waals surface area contributed by atoms with Gasteiger partial charge in [-0.1, -0.05) is 29.8 Å². The summed E-state index contributed by atoms with van der Waals surface area (Å²) in [6.07, 6.45) is 3.82. The van der Waals surface area contributed by atoms with E-state index >= 15 is 0 Å². The first-order chi connectivity index (χ1) is 15.0. The Morgan fingerprint density at radius 1 is 1.13 bits per heavy atom. The average molecular weight is 441 g/mol. The third-order valence-corrected chi connectivity index (χ3v) is 5.94. The number of rotatable bonds is 6. The molecule has 0 aliphatic carbocycles. The lowest BCUT2D eigenvalue weighted by Crippen LogP contribution is -2.44. The van der Waals surface area contributed by atoms with Crippen LogP contribution in [-0.4, -0.2) is 69.4 Å². The highest BCUT2D eigenvalue weighted by Gasteiger charge is 2.26. The van der Waals surface area contributed by atoms with E-state index in [1.165, 1.54) is 4.90 Å². The zero-order valence-corrected chi connectivity index (χ0v) is 18.1. The lowest BCUT2D eigenvalue weighted by molar-refractivity contribution is -0.134. The van der Waals surface area contributed by atoms with E-state index in [2.05, 4.69) is 20.4 Å². The van der Waals surface area contributed by atoms with Gasteiger partial charge in [0.1, 0.15) is 5.82 Å². The van der Waals surface area contributed by atoms with Gasteiger partial charge in [0.25, 0.3) is 0 Å². The number of pyridine rings is 1. The molecule has 1 saturated heterocycles. The summed E-state index contributed by atoms with van der Waals surface area (Å²) < 4.78 is 2.04. The molecule has 1 fully saturated rings. The van der Waals surface area contributed by atoms with Crippen LogP contribution < -0.4 is 5.32 Å². The molecule has 0 spiro atoms. The van der Waals surface area contributed by atoms with Crippen LogP contribution in [0.2, 0.25) is 5.02 Å². The number of hydrogen-bond donors (Lipinski definition) is 1. The van der Waals surface area contributed by atoms with Crippen LogP contribution in [-0.2, 0) is 9.59 Å². The van der Waals surface area contributed by atoms with E-state index in [0.29, 0.717) is 23.2 Å². The summed E-state index contributed by atoms with van der Waals surface area (Å²) in [7, 11) is 1.64. The number of piperidine rings is 1. The second-order valence-electron chi connectivity index (χ2n) is 7.82. The normalized spacial score (nSPS) is 15.2. The number of likely N-dealkylation sites (N-methyl/N-ethyl adjacent to an activating group) is 1. The molecule has 31 heavy (non-hydrogen) atoms. The largest absolute Gasteiger partial charge is 0.335 e. The van der Waals surface area contributed by atoms with Gasteiger partial charge in [-0.3, -0.25) is 18.9 Å². The molecule has 1 N–H and O–H groups in total. The maximum absolute atomic E-state index is 12.6. The minimum Gasteiger partial charge on any atom is -0.335 e. The quantitative estimate of drug-likeness (QED) is 0.637. The Labute approximate surface area is 185 Å². The molecule has 3 aromatic rings. The maximum atomic E-state index is 12.6. The van der Waals surface area contributed by atoms with Gasteiger partial charge in [0.2, 0.25) is 11.8 Å². The zero-order valence-electron chi connectivity index (χ0n) is 17.4. The summed E-state index contributed by atoms with van der Waals surface area (Å²) in [5, 5.41) is 11.8. The summed E-state index contributed by atoms with van der Waals surface area (Å²) in [5.74, 6) is 0.944. The first-order valence-corrected chi connectivity index (χ1v) is 10.7. The maximum Gasteiger partial charge on any atom is 0.244 e. The molecular weight excluding hydrogens is 416 g/mol. The van der Waals surface area contributed by atoms with Gasteiger partial charge in [0, 0.05) is 19.2 Å². The predicted octanol–water partition coefficient (Wildman–Crippen LogP) is 2.66. The van der Waals surface area contributed by atoms with E-state index in [1.54, 1.807) is 31.3 Å². The lowest BCUT2D eigenvalue weighted by atomic mass is 9.96. The number of para-hydroxylation sites is 1. The number of nitrogens with one attached hydrogen (secondary N) is 1. The summed E-state index contributed by atoms with van der Waals surface area (Å²) in [4.78, 5) is 28.4. The molecule has 1 aliphatic rings. The van der Waals surface area contributed by atoms with Crippen LogP contribution in [0.3, 0.4) is 0 Å². The molecule has 3 heterocycles. The van der Waals surface area contributed by atoms with Crippen molar-refractivity contribution in [1.29, 1.82) is 0 Å². The lowest BCUT2D eigenvalue weighted by Gasteiger charge is -2.31. The molecule has 162 valence electrons. The molecular formula is C22H25ClN6O2. The van der Waals surface area contributed by atoms with Crippen molar-refractivity contribution in [2.45, 2.75) is 18.8 Å². The van der Waals surface area contributed by atoms with Crippen LogP contribution >= 0.6 is 11.6 Å². The Kier molecular flexibility index (Phi) is 6.48. The number of fused-ring (bicyclic) bond motifs is 1. The number of anilines is 1. The van der Waals surface area contributed by atoms with E-state index in [-0.39, 0.29) is 18.4 Å². The summed E-state index contributed by atoms with van der Waals surface area (Å²) >= 11 is 6.07. The number of benzene rings is 1. The molecule has 8 nitrogen and oxygen atoms in total. The van der Waals surface area contributed by atoms with Gasteiger partial charge in [-0.05, 0) is 50.2 Å². The van der Waals surface area contributed by atoms with E-state index in [9.17, 15) is 9.59 Å². The van der Waals surface area contributed by atoms with Crippen molar-refractivity contribution in [2.24, 2.45) is 0 Å². The topological polar surface area (TPSA) is 82.8 Å². The smallest absolute Gasteiger partial charge is 0.244 e. The highest BCUT2D eigenvalue weighted by atomic mass is 35.5. The molecule has 2 aromatic heterocycles. The summed E-state index contributed by atoms with van der Waals surface area (Å²) in [6, 6.07) is 12.9. The Bertz CT molecular complexity index is 1080. The van der Waals surface area contributed by atoms with Crippen LogP contribution in [0, 0.1) is 0 Å². The number of likely N-dealkylation sites (tertiary alicyclic amines) is 1.